The van der Waals surface area contributed by atoms with Gasteiger partial charge in [-0.3, -0.25) is 14.5 Å². The van der Waals surface area contributed by atoms with Gasteiger partial charge in [-0.2, -0.15) is 0 Å². The third-order valence-electron chi connectivity index (χ3n) is 4.33. The second-order valence-corrected chi connectivity index (χ2v) is 7.52. The Bertz CT molecular complexity index is 608. The Morgan fingerprint density at radius 2 is 1.92 bits per heavy atom. The van der Waals surface area contributed by atoms with Crippen LogP contribution in [-0.2, 0) is 9.53 Å². The Labute approximate surface area is 153 Å². The summed E-state index contributed by atoms with van der Waals surface area (Å²) in [5.41, 5.74) is 0.189. The Hall–Kier alpha value is -1.63. The first-order valence-electron chi connectivity index (χ1n) is 8.46. The number of amides is 1. The molecule has 1 amide bonds. The summed E-state index contributed by atoms with van der Waals surface area (Å²) in [5.74, 6) is 0.739. The van der Waals surface area contributed by atoms with Gasteiger partial charge in [-0.05, 0) is 32.1 Å². The zero-order valence-electron chi connectivity index (χ0n) is 14.9. The van der Waals surface area contributed by atoms with Crippen LogP contribution in [0.1, 0.15) is 24.2 Å². The van der Waals surface area contributed by atoms with Gasteiger partial charge in [0.05, 0.1) is 18.8 Å². The normalized spacial score (nSPS) is 15.6. The molecule has 0 atom stereocenters. The highest BCUT2D eigenvalue weighted by molar-refractivity contribution is 7.99. The van der Waals surface area contributed by atoms with E-state index in [9.17, 15) is 9.59 Å². The number of thioether (sulfide) groups is 1. The molecule has 136 valence electrons. The van der Waals surface area contributed by atoms with Gasteiger partial charge < -0.3 is 10.1 Å². The summed E-state index contributed by atoms with van der Waals surface area (Å²) in [6.07, 6.45) is 1.27. The molecule has 0 bridgehead atoms. The van der Waals surface area contributed by atoms with Crippen molar-refractivity contribution in [2.24, 2.45) is 0 Å². The minimum absolute atomic E-state index is 0.129. The van der Waals surface area contributed by atoms with Gasteiger partial charge in [-0.25, -0.2) is 0 Å². The average molecular weight is 362 g/mol. The maximum absolute atomic E-state index is 12.9. The second kappa shape index (κ2) is 9.17. The Kier molecular flexibility index (Phi) is 7.23. The van der Waals surface area contributed by atoms with Gasteiger partial charge in [0.25, 0.3) is 0 Å². The molecule has 1 aliphatic rings. The van der Waals surface area contributed by atoms with Crippen molar-refractivity contribution in [1.82, 2.24) is 10.2 Å². The predicted octanol–water partition coefficient (Wildman–Crippen LogP) is 2.37. The third kappa shape index (κ3) is 5.42. The van der Waals surface area contributed by atoms with Crippen molar-refractivity contribution in [3.05, 3.63) is 42.5 Å². The molecule has 1 aromatic carbocycles. The minimum Gasteiger partial charge on any atom is -0.379 e. The van der Waals surface area contributed by atoms with Crippen molar-refractivity contribution in [3.8, 4) is 0 Å². The van der Waals surface area contributed by atoms with Crippen molar-refractivity contribution in [1.29, 1.82) is 0 Å². The molecule has 0 unspecified atom stereocenters. The molecule has 0 radical (unpaired) electrons. The van der Waals surface area contributed by atoms with Crippen LogP contribution < -0.4 is 5.32 Å². The molecular formula is C19H26N2O3S. The third-order valence-corrected chi connectivity index (χ3v) is 5.34. The first-order chi connectivity index (χ1) is 11.9. The maximum atomic E-state index is 12.9. The Balaban J connectivity index is 1.90. The number of ketones is 1. The number of Topliss-reactive ketones (excluding diaryl/α,β-unsaturated/α-hetero) is 1. The number of carbonyl (C=O) groups excluding carboxylic acids is 2. The van der Waals surface area contributed by atoms with E-state index in [1.54, 1.807) is 11.8 Å². The molecule has 0 aromatic heterocycles. The summed E-state index contributed by atoms with van der Waals surface area (Å²) in [5, 5.41) is 2.74. The van der Waals surface area contributed by atoms with Crippen LogP contribution in [0, 0.1) is 0 Å². The van der Waals surface area contributed by atoms with Crippen molar-refractivity contribution < 1.29 is 14.3 Å². The maximum Gasteiger partial charge on any atom is 0.243 e. The number of ether oxygens (including phenoxy) is 1. The Morgan fingerprint density at radius 1 is 1.28 bits per heavy atom. The summed E-state index contributed by atoms with van der Waals surface area (Å²) in [6.45, 7) is 10.9. The first-order valence-corrected chi connectivity index (χ1v) is 9.44. The highest BCUT2D eigenvalue weighted by atomic mass is 32.2. The fourth-order valence-electron chi connectivity index (χ4n) is 2.74. The highest BCUT2D eigenvalue weighted by Crippen LogP contribution is 2.24. The fourth-order valence-corrected chi connectivity index (χ4v) is 3.51. The number of carbonyl (C=O) groups is 2. The van der Waals surface area contributed by atoms with E-state index in [1.807, 2.05) is 38.1 Å². The molecule has 5 nitrogen and oxygen atoms in total. The lowest BCUT2D eigenvalue weighted by atomic mass is 9.91. The molecular weight excluding hydrogens is 336 g/mol. The van der Waals surface area contributed by atoms with Crippen LogP contribution in [0.25, 0.3) is 0 Å². The molecule has 2 rings (SSSR count). The van der Waals surface area contributed by atoms with Crippen molar-refractivity contribution >= 4 is 23.5 Å². The molecule has 0 saturated carbocycles. The van der Waals surface area contributed by atoms with E-state index in [-0.39, 0.29) is 11.7 Å². The number of morpholine rings is 1. The van der Waals surface area contributed by atoms with Crippen LogP contribution in [0.15, 0.2) is 41.8 Å². The number of hydrogen-bond acceptors (Lipinski definition) is 5. The summed E-state index contributed by atoms with van der Waals surface area (Å²) in [4.78, 5) is 27.2. The number of nitrogens with one attached hydrogen (secondary N) is 1. The molecule has 25 heavy (non-hydrogen) atoms. The van der Waals surface area contributed by atoms with Gasteiger partial charge in [0.2, 0.25) is 5.91 Å². The van der Waals surface area contributed by atoms with E-state index < -0.39 is 5.54 Å². The number of hydrogen-bond donors (Lipinski definition) is 1. The quantitative estimate of drug-likeness (QED) is 0.333. The zero-order valence-corrected chi connectivity index (χ0v) is 15.7. The predicted molar refractivity (Wildman–Crippen MR) is 101 cm³/mol. The number of nitrogens with zero attached hydrogens (tertiary/aromatic N) is 1. The molecule has 0 aliphatic carbocycles. The van der Waals surface area contributed by atoms with E-state index in [0.29, 0.717) is 19.8 Å². The van der Waals surface area contributed by atoms with Crippen molar-refractivity contribution in [2.45, 2.75) is 24.3 Å². The van der Waals surface area contributed by atoms with Gasteiger partial charge in [0.1, 0.15) is 0 Å². The van der Waals surface area contributed by atoms with Crippen LogP contribution in [0.3, 0.4) is 0 Å². The summed E-state index contributed by atoms with van der Waals surface area (Å²) < 4.78 is 5.38. The van der Waals surface area contributed by atoms with Crippen LogP contribution in [0.2, 0.25) is 0 Å². The topological polar surface area (TPSA) is 58.6 Å². The van der Waals surface area contributed by atoms with Gasteiger partial charge >= 0.3 is 0 Å². The minimum atomic E-state index is -0.534. The van der Waals surface area contributed by atoms with E-state index >= 15 is 0 Å². The van der Waals surface area contributed by atoms with Gasteiger partial charge in [0, 0.05) is 35.8 Å². The lowest BCUT2D eigenvalue weighted by Gasteiger charge is -2.39. The second-order valence-electron chi connectivity index (χ2n) is 6.36. The molecule has 1 saturated heterocycles. The molecule has 6 heteroatoms. The van der Waals surface area contributed by atoms with E-state index in [1.165, 1.54) is 6.08 Å². The summed E-state index contributed by atoms with van der Waals surface area (Å²) in [6, 6.07) is 7.69. The smallest absolute Gasteiger partial charge is 0.243 e. The first kappa shape index (κ1) is 19.7. The average Bonchev–Trinajstić information content (AvgIpc) is 2.65. The van der Waals surface area contributed by atoms with Crippen molar-refractivity contribution in [2.75, 3.05) is 38.6 Å². The zero-order chi connectivity index (χ0) is 18.3. The van der Waals surface area contributed by atoms with Crippen molar-refractivity contribution in [3.63, 3.8) is 0 Å². The van der Waals surface area contributed by atoms with Gasteiger partial charge in [-0.15, -0.1) is 11.8 Å². The molecule has 1 fully saturated rings. The van der Waals surface area contributed by atoms with E-state index in [0.717, 1.165) is 29.3 Å². The summed E-state index contributed by atoms with van der Waals surface area (Å²) >= 11 is 1.64. The number of rotatable bonds is 8. The van der Waals surface area contributed by atoms with E-state index in [2.05, 4.69) is 16.8 Å². The lowest BCUT2D eigenvalue weighted by molar-refractivity contribution is -0.116. The van der Waals surface area contributed by atoms with Crippen LogP contribution in [0.5, 0.6) is 0 Å². The largest absolute Gasteiger partial charge is 0.379 e. The molecule has 1 aliphatic heterocycles. The Morgan fingerprint density at radius 3 is 2.52 bits per heavy atom. The van der Waals surface area contributed by atoms with Crippen LogP contribution in [-0.4, -0.2) is 60.7 Å². The standard InChI is InChI=1S/C19H26N2O3S/c1-4-17(22)20-9-14-25-16-7-5-15(6-8-16)18(23)19(2,3)21-10-12-24-13-11-21/h4-8H,1,9-14H2,2-3H3,(H,20,22). The lowest BCUT2D eigenvalue weighted by Crippen LogP contribution is -2.54. The monoisotopic (exact) mass is 362 g/mol. The highest BCUT2D eigenvalue weighted by Gasteiger charge is 2.35. The number of benzene rings is 1. The molecule has 1 heterocycles. The molecule has 1 N–H and O–H groups in total. The fraction of sp³-hybridized carbons (Fsp3) is 0.474. The molecule has 0 spiro atoms. The SMILES string of the molecule is C=CC(=O)NCCSc1ccc(C(=O)C(C)(C)N2CCOCC2)cc1. The molecule has 1 aromatic rings. The van der Waals surface area contributed by atoms with Gasteiger partial charge in [0.15, 0.2) is 5.78 Å². The van der Waals surface area contributed by atoms with E-state index in [4.69, 9.17) is 4.74 Å². The van der Waals surface area contributed by atoms with Crippen LogP contribution in [0.4, 0.5) is 0 Å². The van der Waals surface area contributed by atoms with Crippen LogP contribution >= 0.6 is 11.8 Å². The summed E-state index contributed by atoms with van der Waals surface area (Å²) in [7, 11) is 0. The van der Waals surface area contributed by atoms with Gasteiger partial charge in [-0.1, -0.05) is 18.7 Å².